The van der Waals surface area contributed by atoms with E-state index < -0.39 is 0 Å². The maximum atomic E-state index is 9.74. The van der Waals surface area contributed by atoms with Gasteiger partial charge >= 0.3 is 0 Å². The van der Waals surface area contributed by atoms with Crippen molar-refractivity contribution >= 4 is 0 Å². The quantitative estimate of drug-likeness (QED) is 0.859. The van der Waals surface area contributed by atoms with Gasteiger partial charge in [0.15, 0.2) is 11.5 Å². The van der Waals surface area contributed by atoms with Gasteiger partial charge in [0.1, 0.15) is 5.75 Å². The van der Waals surface area contributed by atoms with Crippen molar-refractivity contribution in [2.24, 2.45) is 5.92 Å². The van der Waals surface area contributed by atoms with E-state index >= 15 is 0 Å². The predicted molar refractivity (Wildman–Crippen MR) is 70.5 cm³/mol. The third-order valence-electron chi connectivity index (χ3n) is 3.49. The number of benzene rings is 1. The average molecular weight is 251 g/mol. The molecule has 1 unspecified atom stereocenters. The maximum Gasteiger partial charge on any atom is 0.161 e. The second kappa shape index (κ2) is 5.96. The summed E-state index contributed by atoms with van der Waals surface area (Å²) in [4.78, 5) is 0. The molecule has 2 N–H and O–H groups in total. The third kappa shape index (κ3) is 2.88. The smallest absolute Gasteiger partial charge is 0.161 e. The van der Waals surface area contributed by atoms with Gasteiger partial charge in [0.05, 0.1) is 14.2 Å². The highest BCUT2D eigenvalue weighted by molar-refractivity contribution is 5.50. The van der Waals surface area contributed by atoms with Crippen molar-refractivity contribution < 1.29 is 14.6 Å². The van der Waals surface area contributed by atoms with Gasteiger partial charge in [-0.1, -0.05) is 0 Å². The second-order valence-corrected chi connectivity index (χ2v) is 4.75. The number of ether oxygens (including phenoxy) is 2. The first-order chi connectivity index (χ1) is 8.74. The van der Waals surface area contributed by atoms with Gasteiger partial charge in [-0.3, -0.25) is 0 Å². The Kier molecular flexibility index (Phi) is 4.31. The molecule has 1 aliphatic heterocycles. The molecule has 18 heavy (non-hydrogen) atoms. The standard InChI is InChI=1S/C14H21NO3/c1-17-13-8-12(16)14(18-2)7-11(13)6-10-4-3-5-15-9-10/h7-8,10,15-16H,3-6,9H2,1-2H3. The first-order valence-electron chi connectivity index (χ1n) is 6.39. The molecule has 0 spiro atoms. The predicted octanol–water partition coefficient (Wildman–Crippen LogP) is 1.95. The van der Waals surface area contributed by atoms with Crippen molar-refractivity contribution in [3.63, 3.8) is 0 Å². The Labute approximate surface area is 108 Å². The number of nitrogens with one attached hydrogen (secondary N) is 1. The fourth-order valence-electron chi connectivity index (χ4n) is 2.51. The summed E-state index contributed by atoms with van der Waals surface area (Å²) in [6, 6.07) is 3.51. The summed E-state index contributed by atoms with van der Waals surface area (Å²) in [5, 5.41) is 13.1. The number of rotatable bonds is 4. The summed E-state index contributed by atoms with van der Waals surface area (Å²) in [7, 11) is 3.19. The highest BCUT2D eigenvalue weighted by Gasteiger charge is 2.17. The SMILES string of the molecule is COc1cc(CC2CCCNC2)c(OC)cc1O. The lowest BCUT2D eigenvalue weighted by Crippen LogP contribution is -2.30. The van der Waals surface area contributed by atoms with Gasteiger partial charge in [-0.25, -0.2) is 0 Å². The number of phenols is 1. The molecule has 1 aromatic carbocycles. The molecule has 4 heteroatoms. The van der Waals surface area contributed by atoms with Gasteiger partial charge in [-0.15, -0.1) is 0 Å². The summed E-state index contributed by atoms with van der Waals surface area (Å²) < 4.78 is 10.5. The van der Waals surface area contributed by atoms with E-state index in [9.17, 15) is 5.11 Å². The van der Waals surface area contributed by atoms with Crippen LogP contribution in [0.25, 0.3) is 0 Å². The van der Waals surface area contributed by atoms with E-state index in [0.717, 1.165) is 30.8 Å². The van der Waals surface area contributed by atoms with Crippen LogP contribution in [-0.4, -0.2) is 32.4 Å². The van der Waals surface area contributed by atoms with Crippen LogP contribution in [0.1, 0.15) is 18.4 Å². The average Bonchev–Trinajstić information content (AvgIpc) is 2.41. The van der Waals surface area contributed by atoms with Crippen LogP contribution in [0.2, 0.25) is 0 Å². The third-order valence-corrected chi connectivity index (χ3v) is 3.49. The minimum Gasteiger partial charge on any atom is -0.504 e. The lowest BCUT2D eigenvalue weighted by Gasteiger charge is -2.23. The molecule has 100 valence electrons. The van der Waals surface area contributed by atoms with E-state index in [-0.39, 0.29) is 5.75 Å². The van der Waals surface area contributed by atoms with Crippen molar-refractivity contribution in [2.75, 3.05) is 27.3 Å². The summed E-state index contributed by atoms with van der Waals surface area (Å²) in [6.45, 7) is 2.17. The molecule has 1 saturated heterocycles. The Morgan fingerprint density at radius 2 is 2.06 bits per heavy atom. The van der Waals surface area contributed by atoms with Crippen LogP contribution < -0.4 is 14.8 Å². The van der Waals surface area contributed by atoms with Gasteiger partial charge in [0.25, 0.3) is 0 Å². The normalized spacial score (nSPS) is 19.6. The lowest BCUT2D eigenvalue weighted by atomic mass is 9.92. The molecule has 0 radical (unpaired) electrons. The van der Waals surface area contributed by atoms with E-state index in [2.05, 4.69) is 5.32 Å². The Hall–Kier alpha value is -1.42. The van der Waals surface area contributed by atoms with Gasteiger partial charge < -0.3 is 19.9 Å². The number of methoxy groups -OCH3 is 2. The van der Waals surface area contributed by atoms with Crippen molar-refractivity contribution in [1.29, 1.82) is 0 Å². The first kappa shape index (κ1) is 13.0. The number of phenolic OH excluding ortho intramolecular Hbond substituents is 1. The number of aromatic hydroxyl groups is 1. The lowest BCUT2D eigenvalue weighted by molar-refractivity contribution is 0.351. The van der Waals surface area contributed by atoms with Crippen molar-refractivity contribution in [3.8, 4) is 17.2 Å². The van der Waals surface area contributed by atoms with Gasteiger partial charge in [-0.2, -0.15) is 0 Å². The van der Waals surface area contributed by atoms with Crippen LogP contribution >= 0.6 is 0 Å². The molecule has 4 nitrogen and oxygen atoms in total. The second-order valence-electron chi connectivity index (χ2n) is 4.75. The van der Waals surface area contributed by atoms with Gasteiger partial charge in [0, 0.05) is 6.07 Å². The van der Waals surface area contributed by atoms with Crippen LogP contribution in [0.5, 0.6) is 17.2 Å². The highest BCUT2D eigenvalue weighted by atomic mass is 16.5. The molecule has 1 aliphatic rings. The largest absolute Gasteiger partial charge is 0.504 e. The van der Waals surface area contributed by atoms with E-state index in [4.69, 9.17) is 9.47 Å². The van der Waals surface area contributed by atoms with Gasteiger partial charge in [0.2, 0.25) is 0 Å². The number of piperidine rings is 1. The fourth-order valence-corrected chi connectivity index (χ4v) is 2.51. The summed E-state index contributed by atoms with van der Waals surface area (Å²) in [5.41, 5.74) is 1.10. The van der Waals surface area contributed by atoms with Crippen LogP contribution in [0, 0.1) is 5.92 Å². The first-order valence-corrected chi connectivity index (χ1v) is 6.39. The molecule has 1 heterocycles. The Bertz CT molecular complexity index is 400. The molecule has 0 saturated carbocycles. The molecule has 0 amide bonds. The van der Waals surface area contributed by atoms with Crippen LogP contribution in [0.15, 0.2) is 12.1 Å². The number of hydrogen-bond donors (Lipinski definition) is 2. The molecular weight excluding hydrogens is 230 g/mol. The maximum absolute atomic E-state index is 9.74. The summed E-state index contributed by atoms with van der Waals surface area (Å²) in [6.07, 6.45) is 3.41. The topological polar surface area (TPSA) is 50.7 Å². The molecule has 1 atom stereocenters. The molecular formula is C14H21NO3. The van der Waals surface area contributed by atoms with Gasteiger partial charge in [-0.05, 0) is 49.9 Å². The summed E-state index contributed by atoms with van der Waals surface area (Å²) >= 11 is 0. The van der Waals surface area contributed by atoms with E-state index in [1.54, 1.807) is 20.3 Å². The van der Waals surface area contributed by atoms with E-state index in [1.165, 1.54) is 12.8 Å². The molecule has 1 aromatic rings. The molecule has 0 aromatic heterocycles. The Morgan fingerprint density at radius 1 is 1.28 bits per heavy atom. The highest BCUT2D eigenvalue weighted by Crippen LogP contribution is 2.35. The molecule has 2 rings (SSSR count). The Morgan fingerprint density at radius 3 is 2.67 bits per heavy atom. The van der Waals surface area contributed by atoms with Crippen molar-refractivity contribution in [2.45, 2.75) is 19.3 Å². The van der Waals surface area contributed by atoms with Crippen molar-refractivity contribution in [3.05, 3.63) is 17.7 Å². The van der Waals surface area contributed by atoms with E-state index in [1.807, 2.05) is 6.07 Å². The zero-order valence-electron chi connectivity index (χ0n) is 11.0. The zero-order valence-corrected chi connectivity index (χ0v) is 11.0. The summed E-state index contributed by atoms with van der Waals surface area (Å²) in [5.74, 6) is 2.00. The minimum absolute atomic E-state index is 0.125. The van der Waals surface area contributed by atoms with E-state index in [0.29, 0.717) is 11.7 Å². The van der Waals surface area contributed by atoms with Crippen LogP contribution in [-0.2, 0) is 6.42 Å². The minimum atomic E-state index is 0.125. The number of hydrogen-bond acceptors (Lipinski definition) is 4. The van der Waals surface area contributed by atoms with Crippen LogP contribution in [0.4, 0.5) is 0 Å². The molecule has 0 bridgehead atoms. The zero-order chi connectivity index (χ0) is 13.0. The van der Waals surface area contributed by atoms with Crippen LogP contribution in [0.3, 0.4) is 0 Å². The molecule has 1 fully saturated rings. The Balaban J connectivity index is 2.18. The fraction of sp³-hybridized carbons (Fsp3) is 0.571. The molecule has 0 aliphatic carbocycles. The van der Waals surface area contributed by atoms with Crippen molar-refractivity contribution in [1.82, 2.24) is 5.32 Å². The monoisotopic (exact) mass is 251 g/mol.